The Balaban J connectivity index is 1.49. The predicted octanol–water partition coefficient (Wildman–Crippen LogP) is 1.84. The number of rotatable bonds is 5. The molecular formula is C21H26N6O. The summed E-state index contributed by atoms with van der Waals surface area (Å²) in [6.07, 6.45) is 3.85. The zero-order chi connectivity index (χ0) is 19.7. The molecule has 1 amide bonds. The van der Waals surface area contributed by atoms with E-state index in [1.54, 1.807) is 4.68 Å². The molecule has 7 heteroatoms. The quantitative estimate of drug-likeness (QED) is 0.710. The van der Waals surface area contributed by atoms with Gasteiger partial charge < -0.3 is 10.6 Å². The summed E-state index contributed by atoms with van der Waals surface area (Å²) in [5.41, 5.74) is 5.21. The van der Waals surface area contributed by atoms with Crippen molar-refractivity contribution in [3.05, 3.63) is 65.2 Å². The third-order valence-corrected chi connectivity index (χ3v) is 5.39. The Hall–Kier alpha value is -2.93. The fraction of sp³-hybridized carbons (Fsp3) is 0.381. The standard InChI is InChI=1S/C21H26N6O/c1-14-8-15(2)27(25-14)20-7-5-4-6-16(20)9-23-21(28)19-12-22-11-18(19)17-10-24-26(3)13-17/h4-8,10,13,18-19,22H,9,11-12H2,1-3H3,(H,23,28)/t18-,19+/m1/s1. The van der Waals surface area contributed by atoms with Crippen molar-refractivity contribution in [2.75, 3.05) is 13.1 Å². The first kappa shape index (κ1) is 18.4. The number of carbonyl (C=O) groups is 1. The fourth-order valence-electron chi connectivity index (χ4n) is 3.99. The van der Waals surface area contributed by atoms with Crippen LogP contribution in [0.5, 0.6) is 0 Å². The van der Waals surface area contributed by atoms with Gasteiger partial charge in [0.2, 0.25) is 5.91 Å². The van der Waals surface area contributed by atoms with Gasteiger partial charge in [-0.1, -0.05) is 18.2 Å². The normalized spacial score (nSPS) is 19.1. The van der Waals surface area contributed by atoms with Crippen LogP contribution in [-0.2, 0) is 18.4 Å². The second-order valence-electron chi connectivity index (χ2n) is 7.50. The second kappa shape index (κ2) is 7.59. The molecule has 0 saturated carbocycles. The van der Waals surface area contributed by atoms with Gasteiger partial charge >= 0.3 is 0 Å². The van der Waals surface area contributed by atoms with Crippen LogP contribution in [0.2, 0.25) is 0 Å². The van der Waals surface area contributed by atoms with Crippen molar-refractivity contribution in [3.63, 3.8) is 0 Å². The van der Waals surface area contributed by atoms with E-state index in [4.69, 9.17) is 0 Å². The summed E-state index contributed by atoms with van der Waals surface area (Å²) >= 11 is 0. The van der Waals surface area contributed by atoms with Crippen molar-refractivity contribution < 1.29 is 4.79 Å². The highest BCUT2D eigenvalue weighted by molar-refractivity contribution is 5.80. The molecule has 1 aromatic carbocycles. The third kappa shape index (κ3) is 3.57. The van der Waals surface area contributed by atoms with Crippen LogP contribution < -0.4 is 10.6 Å². The van der Waals surface area contributed by atoms with Crippen molar-refractivity contribution in [1.29, 1.82) is 0 Å². The van der Waals surface area contributed by atoms with Gasteiger partial charge in [-0.25, -0.2) is 4.68 Å². The van der Waals surface area contributed by atoms with E-state index in [0.717, 1.165) is 34.7 Å². The maximum atomic E-state index is 12.9. The van der Waals surface area contributed by atoms with Crippen LogP contribution >= 0.6 is 0 Å². The van der Waals surface area contributed by atoms with Crippen LogP contribution in [0.15, 0.2) is 42.7 Å². The van der Waals surface area contributed by atoms with Crippen LogP contribution in [0.3, 0.4) is 0 Å². The van der Waals surface area contributed by atoms with Crippen LogP contribution in [0.1, 0.15) is 28.4 Å². The minimum Gasteiger partial charge on any atom is -0.352 e. The predicted molar refractivity (Wildman–Crippen MR) is 107 cm³/mol. The van der Waals surface area contributed by atoms with E-state index >= 15 is 0 Å². The summed E-state index contributed by atoms with van der Waals surface area (Å²) in [7, 11) is 1.90. The molecule has 1 saturated heterocycles. The van der Waals surface area contributed by atoms with E-state index in [-0.39, 0.29) is 17.7 Å². The van der Waals surface area contributed by atoms with Crippen molar-refractivity contribution in [1.82, 2.24) is 30.2 Å². The van der Waals surface area contributed by atoms with Crippen LogP contribution in [-0.4, -0.2) is 38.6 Å². The van der Waals surface area contributed by atoms with E-state index in [1.807, 2.05) is 62.2 Å². The lowest BCUT2D eigenvalue weighted by Crippen LogP contribution is -2.34. The lowest BCUT2D eigenvalue weighted by molar-refractivity contribution is -0.125. The molecule has 28 heavy (non-hydrogen) atoms. The first-order chi connectivity index (χ1) is 13.5. The maximum absolute atomic E-state index is 12.9. The second-order valence-corrected chi connectivity index (χ2v) is 7.50. The number of aryl methyl sites for hydroxylation is 3. The van der Waals surface area contributed by atoms with E-state index in [1.165, 1.54) is 0 Å². The SMILES string of the molecule is Cc1cc(C)n(-c2ccccc2CNC(=O)[C@H]2CNC[C@@H]2c2cnn(C)c2)n1. The van der Waals surface area contributed by atoms with Crippen LogP contribution in [0, 0.1) is 19.8 Å². The molecular weight excluding hydrogens is 352 g/mol. The Morgan fingerprint density at radius 2 is 2.11 bits per heavy atom. The molecule has 0 bridgehead atoms. The number of aromatic nitrogens is 4. The summed E-state index contributed by atoms with van der Waals surface area (Å²) in [5, 5.41) is 15.3. The molecule has 4 rings (SSSR count). The van der Waals surface area contributed by atoms with E-state index in [0.29, 0.717) is 13.1 Å². The smallest absolute Gasteiger partial charge is 0.225 e. The minimum absolute atomic E-state index is 0.0713. The monoisotopic (exact) mass is 378 g/mol. The zero-order valence-electron chi connectivity index (χ0n) is 16.5. The van der Waals surface area contributed by atoms with Gasteiger partial charge in [0.15, 0.2) is 0 Å². The van der Waals surface area contributed by atoms with Crippen molar-refractivity contribution in [3.8, 4) is 5.69 Å². The Bertz CT molecular complexity index is 988. The first-order valence-electron chi connectivity index (χ1n) is 9.61. The summed E-state index contributed by atoms with van der Waals surface area (Å²) in [5.74, 6) is 0.132. The molecule has 2 aromatic heterocycles. The van der Waals surface area contributed by atoms with Gasteiger partial charge in [0.25, 0.3) is 0 Å². The van der Waals surface area contributed by atoms with Crippen molar-refractivity contribution in [2.45, 2.75) is 26.3 Å². The number of nitrogens with one attached hydrogen (secondary N) is 2. The topological polar surface area (TPSA) is 76.8 Å². The summed E-state index contributed by atoms with van der Waals surface area (Å²) in [4.78, 5) is 12.9. The van der Waals surface area contributed by atoms with Crippen molar-refractivity contribution in [2.24, 2.45) is 13.0 Å². The molecule has 0 radical (unpaired) electrons. The van der Waals surface area contributed by atoms with Gasteiger partial charge in [-0.05, 0) is 37.1 Å². The molecule has 0 unspecified atom stereocenters. The molecule has 1 fully saturated rings. The molecule has 0 aliphatic carbocycles. The number of hydrogen-bond donors (Lipinski definition) is 2. The minimum atomic E-state index is -0.0925. The number of para-hydroxylation sites is 1. The number of nitrogens with zero attached hydrogens (tertiary/aromatic N) is 4. The van der Waals surface area contributed by atoms with Gasteiger partial charge in [0.1, 0.15) is 0 Å². The third-order valence-electron chi connectivity index (χ3n) is 5.39. The van der Waals surface area contributed by atoms with Gasteiger partial charge in [0.05, 0.1) is 23.5 Å². The highest BCUT2D eigenvalue weighted by atomic mass is 16.1. The van der Waals surface area contributed by atoms with Crippen molar-refractivity contribution >= 4 is 5.91 Å². The summed E-state index contributed by atoms with van der Waals surface area (Å²) in [6.45, 7) is 5.98. The molecule has 2 N–H and O–H groups in total. The average Bonchev–Trinajstić information content (AvgIpc) is 3.39. The Morgan fingerprint density at radius 1 is 1.29 bits per heavy atom. The fourth-order valence-corrected chi connectivity index (χ4v) is 3.99. The number of carbonyl (C=O) groups excluding carboxylic acids is 1. The highest BCUT2D eigenvalue weighted by Gasteiger charge is 2.34. The van der Waals surface area contributed by atoms with E-state index in [9.17, 15) is 4.79 Å². The van der Waals surface area contributed by atoms with Gasteiger partial charge in [-0.2, -0.15) is 10.2 Å². The van der Waals surface area contributed by atoms with Gasteiger partial charge in [-0.15, -0.1) is 0 Å². The molecule has 1 aliphatic heterocycles. The molecule has 146 valence electrons. The lowest BCUT2D eigenvalue weighted by atomic mass is 9.90. The lowest BCUT2D eigenvalue weighted by Gasteiger charge is -2.18. The average molecular weight is 378 g/mol. The zero-order valence-corrected chi connectivity index (χ0v) is 16.5. The number of amides is 1. The molecule has 3 aromatic rings. The van der Waals surface area contributed by atoms with Crippen LogP contribution in [0.25, 0.3) is 5.69 Å². The van der Waals surface area contributed by atoms with E-state index < -0.39 is 0 Å². The van der Waals surface area contributed by atoms with E-state index in [2.05, 4.69) is 26.9 Å². The van der Waals surface area contributed by atoms with Gasteiger partial charge in [-0.3, -0.25) is 9.48 Å². The Kier molecular flexibility index (Phi) is 5.00. The molecule has 7 nitrogen and oxygen atoms in total. The molecule has 1 aliphatic rings. The number of hydrogen-bond acceptors (Lipinski definition) is 4. The first-order valence-corrected chi connectivity index (χ1v) is 9.61. The van der Waals surface area contributed by atoms with Gasteiger partial charge in [0, 0.05) is 44.5 Å². The summed E-state index contributed by atoms with van der Waals surface area (Å²) < 4.78 is 3.72. The Labute approximate surface area is 164 Å². The van der Waals surface area contributed by atoms with Crippen LogP contribution in [0.4, 0.5) is 0 Å². The number of benzene rings is 1. The maximum Gasteiger partial charge on any atom is 0.225 e. The Morgan fingerprint density at radius 3 is 2.82 bits per heavy atom. The highest BCUT2D eigenvalue weighted by Crippen LogP contribution is 2.28. The largest absolute Gasteiger partial charge is 0.352 e. The molecule has 0 spiro atoms. The summed E-state index contributed by atoms with van der Waals surface area (Å²) in [6, 6.07) is 10.1. The molecule has 3 heterocycles. The molecule has 2 atom stereocenters.